The third kappa shape index (κ3) is 8.45. The summed E-state index contributed by atoms with van der Waals surface area (Å²) in [5.41, 5.74) is 1.29. The maximum absolute atomic E-state index is 4.27. The zero-order valence-electron chi connectivity index (χ0n) is 15.2. The van der Waals surface area contributed by atoms with Crippen LogP contribution in [0.2, 0.25) is 0 Å². The minimum Gasteiger partial charge on any atom is -0.372 e. The van der Waals surface area contributed by atoms with Crippen LogP contribution in [0, 0.1) is 0 Å². The van der Waals surface area contributed by atoms with E-state index in [2.05, 4.69) is 76.8 Å². The number of nitrogens with zero attached hydrogens (tertiary/aromatic N) is 3. The van der Waals surface area contributed by atoms with Gasteiger partial charge in [-0.25, -0.2) is 0 Å². The van der Waals surface area contributed by atoms with Gasteiger partial charge in [0, 0.05) is 38.9 Å². The predicted octanol–water partition coefficient (Wildman–Crippen LogP) is 2.02. The minimum atomic E-state index is 0.895. The van der Waals surface area contributed by atoms with E-state index in [0.29, 0.717) is 0 Å². The summed E-state index contributed by atoms with van der Waals surface area (Å²) in [5.74, 6) is 0.895. The topological polar surface area (TPSA) is 42.9 Å². The first kappa shape index (κ1) is 19.3. The molecule has 0 bridgehead atoms. The van der Waals surface area contributed by atoms with Crippen molar-refractivity contribution in [1.82, 2.24) is 15.5 Å². The molecular weight excluding hydrogens is 286 g/mol. The van der Waals surface area contributed by atoms with Gasteiger partial charge >= 0.3 is 0 Å². The summed E-state index contributed by atoms with van der Waals surface area (Å²) >= 11 is 0. The molecule has 1 rings (SSSR count). The van der Waals surface area contributed by atoms with Gasteiger partial charge in [0.1, 0.15) is 0 Å². The summed E-state index contributed by atoms with van der Waals surface area (Å²) in [6.07, 6.45) is 2.20. The number of nitrogens with one attached hydrogen (secondary N) is 2. The molecule has 0 radical (unpaired) electrons. The Hall–Kier alpha value is -1.75. The number of rotatable bonds is 10. The van der Waals surface area contributed by atoms with Gasteiger partial charge in [-0.15, -0.1) is 0 Å². The molecule has 0 amide bonds. The number of guanidine groups is 1. The predicted molar refractivity (Wildman–Crippen MR) is 101 cm³/mol. The fourth-order valence-electron chi connectivity index (χ4n) is 2.41. The second kappa shape index (κ2) is 11.8. The van der Waals surface area contributed by atoms with Crippen molar-refractivity contribution in [2.75, 3.05) is 58.8 Å². The molecule has 5 heteroatoms. The smallest absolute Gasteiger partial charge is 0.190 e. The van der Waals surface area contributed by atoms with Crippen molar-refractivity contribution in [2.45, 2.75) is 19.8 Å². The first-order valence-corrected chi connectivity index (χ1v) is 8.56. The third-order valence-electron chi connectivity index (χ3n) is 3.70. The minimum absolute atomic E-state index is 0.895. The van der Waals surface area contributed by atoms with Crippen LogP contribution in [-0.2, 0) is 0 Å². The Labute approximate surface area is 141 Å². The fourth-order valence-corrected chi connectivity index (χ4v) is 2.41. The Morgan fingerprint density at radius 2 is 1.61 bits per heavy atom. The zero-order chi connectivity index (χ0) is 16.9. The monoisotopic (exact) mass is 319 g/mol. The SMILES string of the molecule is CCN(CCCNC(=NC)NCCCN(C)C)c1ccccc1. The van der Waals surface area contributed by atoms with Crippen LogP contribution in [-0.4, -0.2) is 64.7 Å². The molecule has 0 aliphatic carbocycles. The number of hydrogen-bond acceptors (Lipinski definition) is 3. The van der Waals surface area contributed by atoms with Crippen molar-refractivity contribution in [2.24, 2.45) is 4.99 Å². The van der Waals surface area contributed by atoms with Gasteiger partial charge < -0.3 is 20.4 Å². The van der Waals surface area contributed by atoms with E-state index in [1.165, 1.54) is 5.69 Å². The Morgan fingerprint density at radius 3 is 2.13 bits per heavy atom. The van der Waals surface area contributed by atoms with Crippen LogP contribution in [0.1, 0.15) is 19.8 Å². The molecule has 2 N–H and O–H groups in total. The lowest BCUT2D eigenvalue weighted by Gasteiger charge is -2.23. The van der Waals surface area contributed by atoms with E-state index in [4.69, 9.17) is 0 Å². The number of para-hydroxylation sites is 1. The molecule has 0 heterocycles. The number of benzene rings is 1. The number of aliphatic imine (C=N–C) groups is 1. The highest BCUT2D eigenvalue weighted by Crippen LogP contribution is 2.12. The summed E-state index contributed by atoms with van der Waals surface area (Å²) in [5, 5.41) is 6.74. The average Bonchev–Trinajstić information content (AvgIpc) is 2.57. The molecule has 0 unspecified atom stereocenters. The van der Waals surface area contributed by atoms with Crippen LogP contribution in [0.4, 0.5) is 5.69 Å². The van der Waals surface area contributed by atoms with Gasteiger partial charge in [-0.05, 0) is 52.5 Å². The Morgan fingerprint density at radius 1 is 1.00 bits per heavy atom. The molecule has 0 fully saturated rings. The molecule has 1 aromatic carbocycles. The van der Waals surface area contributed by atoms with Crippen molar-refractivity contribution in [3.05, 3.63) is 30.3 Å². The highest BCUT2D eigenvalue weighted by atomic mass is 15.2. The molecule has 0 saturated heterocycles. The van der Waals surface area contributed by atoms with Crippen molar-refractivity contribution >= 4 is 11.6 Å². The second-order valence-electron chi connectivity index (χ2n) is 5.85. The van der Waals surface area contributed by atoms with Gasteiger partial charge in [-0.3, -0.25) is 4.99 Å². The maximum atomic E-state index is 4.27. The lowest BCUT2D eigenvalue weighted by atomic mass is 10.2. The molecule has 0 aliphatic heterocycles. The Balaban J connectivity index is 2.21. The van der Waals surface area contributed by atoms with Gasteiger partial charge in [-0.1, -0.05) is 18.2 Å². The molecule has 0 aromatic heterocycles. The molecule has 130 valence electrons. The first-order chi connectivity index (χ1) is 11.2. The van der Waals surface area contributed by atoms with E-state index in [0.717, 1.165) is 51.5 Å². The second-order valence-corrected chi connectivity index (χ2v) is 5.85. The fraction of sp³-hybridized carbons (Fsp3) is 0.611. The average molecular weight is 319 g/mol. The molecule has 5 nitrogen and oxygen atoms in total. The molecule has 0 atom stereocenters. The van der Waals surface area contributed by atoms with E-state index < -0.39 is 0 Å². The molecule has 23 heavy (non-hydrogen) atoms. The van der Waals surface area contributed by atoms with Gasteiger partial charge in [0.25, 0.3) is 0 Å². The Bertz CT molecular complexity index is 430. The van der Waals surface area contributed by atoms with Crippen molar-refractivity contribution in [3.63, 3.8) is 0 Å². The van der Waals surface area contributed by atoms with Crippen LogP contribution < -0.4 is 15.5 Å². The zero-order valence-corrected chi connectivity index (χ0v) is 15.2. The molecule has 0 aliphatic rings. The van der Waals surface area contributed by atoms with Crippen molar-refractivity contribution in [3.8, 4) is 0 Å². The molecule has 0 spiro atoms. The number of anilines is 1. The summed E-state index contributed by atoms with van der Waals surface area (Å²) in [6, 6.07) is 10.6. The normalized spacial score (nSPS) is 11.6. The number of hydrogen-bond donors (Lipinski definition) is 2. The van der Waals surface area contributed by atoms with E-state index in [9.17, 15) is 0 Å². The highest BCUT2D eigenvalue weighted by Gasteiger charge is 2.03. The summed E-state index contributed by atoms with van der Waals surface area (Å²) < 4.78 is 0. The Kier molecular flexibility index (Phi) is 9.87. The maximum Gasteiger partial charge on any atom is 0.190 e. The van der Waals surface area contributed by atoms with Crippen LogP contribution in [0.25, 0.3) is 0 Å². The van der Waals surface area contributed by atoms with Gasteiger partial charge in [0.05, 0.1) is 0 Å². The third-order valence-corrected chi connectivity index (χ3v) is 3.70. The highest BCUT2D eigenvalue weighted by molar-refractivity contribution is 5.79. The first-order valence-electron chi connectivity index (χ1n) is 8.56. The molecule has 0 saturated carbocycles. The lowest BCUT2D eigenvalue weighted by Crippen LogP contribution is -2.39. The van der Waals surface area contributed by atoms with Gasteiger partial charge in [0.15, 0.2) is 5.96 Å². The van der Waals surface area contributed by atoms with Crippen molar-refractivity contribution < 1.29 is 0 Å². The quantitative estimate of drug-likeness (QED) is 0.393. The molecule has 1 aromatic rings. The van der Waals surface area contributed by atoms with Crippen LogP contribution in [0.5, 0.6) is 0 Å². The van der Waals surface area contributed by atoms with Gasteiger partial charge in [0.2, 0.25) is 0 Å². The lowest BCUT2D eigenvalue weighted by molar-refractivity contribution is 0.399. The summed E-state index contributed by atoms with van der Waals surface area (Å²) in [6.45, 7) is 7.24. The largest absolute Gasteiger partial charge is 0.372 e. The summed E-state index contributed by atoms with van der Waals surface area (Å²) in [7, 11) is 6.02. The van der Waals surface area contributed by atoms with Crippen LogP contribution in [0.15, 0.2) is 35.3 Å². The van der Waals surface area contributed by atoms with Crippen molar-refractivity contribution in [1.29, 1.82) is 0 Å². The van der Waals surface area contributed by atoms with E-state index >= 15 is 0 Å². The van der Waals surface area contributed by atoms with E-state index in [1.54, 1.807) is 0 Å². The summed E-state index contributed by atoms with van der Waals surface area (Å²) in [4.78, 5) is 8.86. The molecular formula is C18H33N5. The standard InChI is InChI=1S/C18H33N5/c1-5-23(17-11-7-6-8-12-17)16-10-14-21-18(19-2)20-13-9-15-22(3)4/h6-8,11-12H,5,9-10,13-16H2,1-4H3,(H2,19,20,21). The van der Waals surface area contributed by atoms with E-state index in [-0.39, 0.29) is 0 Å². The van der Waals surface area contributed by atoms with Gasteiger partial charge in [-0.2, -0.15) is 0 Å². The van der Waals surface area contributed by atoms with E-state index in [1.807, 2.05) is 7.05 Å². The van der Waals surface area contributed by atoms with Crippen LogP contribution >= 0.6 is 0 Å². The van der Waals surface area contributed by atoms with Crippen LogP contribution in [0.3, 0.4) is 0 Å².